The number of halogens is 3. The highest BCUT2D eigenvalue weighted by atomic mass is 79.9. The number of rotatable bonds is 1. The predicted molar refractivity (Wildman–Crippen MR) is 73.4 cm³/mol. The molecule has 1 heterocycles. The van der Waals surface area contributed by atoms with Gasteiger partial charge < -0.3 is 4.48 Å². The van der Waals surface area contributed by atoms with Crippen molar-refractivity contribution in [2.24, 2.45) is 0 Å². The fraction of sp³-hybridized carbons (Fsp3) is 1.00. The molecule has 0 amide bonds. The summed E-state index contributed by atoms with van der Waals surface area (Å²) in [6.45, 7) is 9.71. The lowest BCUT2D eigenvalue weighted by molar-refractivity contribution is -0.894. The molecule has 1 aliphatic heterocycles. The number of quaternary nitrogens is 1. The zero-order valence-corrected chi connectivity index (χ0v) is 12.9. The quantitative estimate of drug-likeness (QED) is 0.671. The van der Waals surface area contributed by atoms with Crippen LogP contribution in [0.25, 0.3) is 0 Å². The first-order chi connectivity index (χ1) is 5.01. The van der Waals surface area contributed by atoms with Crippen LogP contribution in [-0.4, -0.2) is 55.7 Å². The van der Waals surface area contributed by atoms with Crippen molar-refractivity contribution in [2.45, 2.75) is 19.9 Å². The van der Waals surface area contributed by atoms with E-state index in [1.54, 1.807) is 0 Å². The summed E-state index contributed by atoms with van der Waals surface area (Å²) in [5.41, 5.74) is 0. The van der Waals surface area contributed by atoms with E-state index in [9.17, 15) is 0 Å². The van der Waals surface area contributed by atoms with Crippen LogP contribution in [-0.2, 0) is 0 Å². The molecular formula is C9H24BrCl2N2+. The second kappa shape index (κ2) is 8.17. The van der Waals surface area contributed by atoms with Crippen LogP contribution < -0.4 is 0 Å². The average molecular weight is 311 g/mol. The highest BCUT2D eigenvalue weighted by molar-refractivity contribution is 8.93. The summed E-state index contributed by atoms with van der Waals surface area (Å²) in [5, 5.41) is 0. The minimum absolute atomic E-state index is 0. The van der Waals surface area contributed by atoms with Gasteiger partial charge in [-0.15, -0.1) is 41.8 Å². The van der Waals surface area contributed by atoms with Gasteiger partial charge >= 0.3 is 0 Å². The molecule has 90 valence electrons. The molecule has 0 saturated carbocycles. The molecule has 1 saturated heterocycles. The van der Waals surface area contributed by atoms with Crippen LogP contribution in [0.15, 0.2) is 0 Å². The van der Waals surface area contributed by atoms with Gasteiger partial charge in [0.05, 0.1) is 27.2 Å². The van der Waals surface area contributed by atoms with Crippen LogP contribution in [0.2, 0.25) is 0 Å². The van der Waals surface area contributed by atoms with Crippen LogP contribution >= 0.6 is 41.8 Å². The molecule has 0 radical (unpaired) electrons. The van der Waals surface area contributed by atoms with Crippen molar-refractivity contribution in [2.75, 3.05) is 40.3 Å². The van der Waals surface area contributed by atoms with Gasteiger partial charge in [-0.05, 0) is 13.8 Å². The second-order valence-electron chi connectivity index (χ2n) is 4.51. The van der Waals surface area contributed by atoms with E-state index < -0.39 is 0 Å². The maximum Gasteiger partial charge on any atom is 0.0912 e. The van der Waals surface area contributed by atoms with E-state index in [1.807, 2.05) is 0 Å². The zero-order chi connectivity index (χ0) is 8.48. The highest BCUT2D eigenvalue weighted by Gasteiger charge is 2.24. The van der Waals surface area contributed by atoms with E-state index in [2.05, 4.69) is 32.8 Å². The van der Waals surface area contributed by atoms with Crippen LogP contribution in [0, 0.1) is 0 Å². The first-order valence-electron chi connectivity index (χ1n) is 4.57. The minimum atomic E-state index is 0. The Bertz CT molecular complexity index is 133. The fourth-order valence-electron chi connectivity index (χ4n) is 1.54. The molecule has 5 heteroatoms. The topological polar surface area (TPSA) is 3.24 Å². The lowest BCUT2D eigenvalue weighted by Gasteiger charge is -2.40. The van der Waals surface area contributed by atoms with Crippen LogP contribution in [0.3, 0.4) is 0 Å². The van der Waals surface area contributed by atoms with Crippen molar-refractivity contribution in [3.05, 3.63) is 0 Å². The Morgan fingerprint density at radius 1 is 1.00 bits per heavy atom. The van der Waals surface area contributed by atoms with Gasteiger partial charge in [-0.1, -0.05) is 0 Å². The molecule has 0 aromatic rings. The van der Waals surface area contributed by atoms with Crippen LogP contribution in [0.4, 0.5) is 0 Å². The molecule has 1 fully saturated rings. The molecule has 0 aliphatic carbocycles. The normalized spacial score (nSPS) is 20.4. The van der Waals surface area contributed by atoms with Gasteiger partial charge in [0.25, 0.3) is 0 Å². The molecule has 0 aromatic carbocycles. The lowest BCUT2D eigenvalue weighted by atomic mass is 10.2. The Morgan fingerprint density at radius 2 is 1.36 bits per heavy atom. The third kappa shape index (κ3) is 6.46. The Labute approximate surface area is 111 Å². The molecule has 0 spiro atoms. The second-order valence-corrected chi connectivity index (χ2v) is 4.51. The SMILES string of the molecule is Br.CC(C)N1CC[N+](C)(C)CC1.Cl.Cl. The maximum absolute atomic E-state index is 2.56. The van der Waals surface area contributed by atoms with Crippen molar-refractivity contribution in [1.29, 1.82) is 0 Å². The summed E-state index contributed by atoms with van der Waals surface area (Å²) in [7, 11) is 4.63. The summed E-state index contributed by atoms with van der Waals surface area (Å²) >= 11 is 0. The smallest absolute Gasteiger partial charge is 0.0912 e. The van der Waals surface area contributed by atoms with E-state index in [-0.39, 0.29) is 41.8 Å². The maximum atomic E-state index is 2.56. The highest BCUT2D eigenvalue weighted by Crippen LogP contribution is 2.08. The van der Waals surface area contributed by atoms with E-state index in [0.717, 1.165) is 6.04 Å². The van der Waals surface area contributed by atoms with Gasteiger partial charge in [0, 0.05) is 19.1 Å². The number of piperazine rings is 1. The standard InChI is InChI=1S/C9H21N2.BrH.2ClH/c1-9(2)10-5-7-11(3,4)8-6-10;;;/h9H,5-8H2,1-4H3;3*1H/q+1;;;. The van der Waals surface area contributed by atoms with Crippen molar-refractivity contribution >= 4 is 41.8 Å². The zero-order valence-electron chi connectivity index (χ0n) is 9.52. The molecule has 2 nitrogen and oxygen atoms in total. The van der Waals surface area contributed by atoms with E-state index >= 15 is 0 Å². The van der Waals surface area contributed by atoms with Crippen molar-refractivity contribution in [1.82, 2.24) is 4.90 Å². The van der Waals surface area contributed by atoms with Gasteiger partial charge in [0.15, 0.2) is 0 Å². The van der Waals surface area contributed by atoms with Crippen molar-refractivity contribution in [3.63, 3.8) is 0 Å². The summed E-state index contributed by atoms with van der Waals surface area (Å²) in [5.74, 6) is 0. The number of hydrogen-bond donors (Lipinski definition) is 0. The Balaban J connectivity index is -0.000000403. The summed E-state index contributed by atoms with van der Waals surface area (Å²) in [6, 6.07) is 0.732. The van der Waals surface area contributed by atoms with Crippen molar-refractivity contribution < 1.29 is 4.48 Å². The number of likely N-dealkylation sites (N-methyl/N-ethyl adjacent to an activating group) is 1. The number of nitrogens with zero attached hydrogens (tertiary/aromatic N) is 2. The van der Waals surface area contributed by atoms with Crippen LogP contribution in [0.1, 0.15) is 13.8 Å². The molecule has 1 aliphatic rings. The molecule has 0 bridgehead atoms. The monoisotopic (exact) mass is 309 g/mol. The molecule has 0 aromatic heterocycles. The Kier molecular flexibility index (Phi) is 11.9. The van der Waals surface area contributed by atoms with E-state index in [4.69, 9.17) is 0 Å². The van der Waals surface area contributed by atoms with Gasteiger partial charge in [0.1, 0.15) is 0 Å². The molecule has 0 unspecified atom stereocenters. The van der Waals surface area contributed by atoms with Crippen LogP contribution in [0.5, 0.6) is 0 Å². The minimum Gasteiger partial charge on any atom is -0.326 e. The lowest BCUT2D eigenvalue weighted by Crippen LogP contribution is -2.56. The Hall–Kier alpha value is 0.980. The largest absolute Gasteiger partial charge is 0.326 e. The molecule has 0 atom stereocenters. The van der Waals surface area contributed by atoms with Gasteiger partial charge in [0.2, 0.25) is 0 Å². The summed E-state index contributed by atoms with van der Waals surface area (Å²) < 4.78 is 1.20. The Morgan fingerprint density at radius 3 is 1.64 bits per heavy atom. The van der Waals surface area contributed by atoms with Gasteiger partial charge in [-0.2, -0.15) is 0 Å². The first kappa shape index (κ1) is 20.4. The van der Waals surface area contributed by atoms with Gasteiger partial charge in [-0.3, -0.25) is 4.90 Å². The fourth-order valence-corrected chi connectivity index (χ4v) is 1.54. The summed E-state index contributed by atoms with van der Waals surface area (Å²) in [6.07, 6.45) is 0. The van der Waals surface area contributed by atoms with E-state index in [0.29, 0.717) is 0 Å². The van der Waals surface area contributed by atoms with Crippen molar-refractivity contribution in [3.8, 4) is 0 Å². The third-order valence-corrected chi connectivity index (χ3v) is 2.72. The molecule has 14 heavy (non-hydrogen) atoms. The average Bonchev–Trinajstić information content (AvgIpc) is 1.86. The first-order valence-corrected chi connectivity index (χ1v) is 4.57. The predicted octanol–water partition coefficient (Wildman–Crippen LogP) is 2.21. The van der Waals surface area contributed by atoms with E-state index in [1.165, 1.54) is 30.7 Å². The third-order valence-electron chi connectivity index (χ3n) is 2.72. The number of hydrogen-bond acceptors (Lipinski definition) is 1. The van der Waals surface area contributed by atoms with Gasteiger partial charge in [-0.25, -0.2) is 0 Å². The molecular weight excluding hydrogens is 287 g/mol. The molecule has 1 rings (SSSR count). The molecule has 0 N–H and O–H groups in total. The summed E-state index contributed by atoms with van der Waals surface area (Å²) in [4.78, 5) is 2.56.